The maximum atomic E-state index is 10.7. The summed E-state index contributed by atoms with van der Waals surface area (Å²) in [6.07, 6.45) is 0.260. The zero-order valence-corrected chi connectivity index (χ0v) is 8.08. The molecular weight excluding hydrogens is 204 g/mol. The van der Waals surface area contributed by atoms with Crippen molar-refractivity contribution in [3.05, 3.63) is 22.4 Å². The molecule has 0 spiro atoms. The molecule has 0 aromatic carbocycles. The van der Waals surface area contributed by atoms with Crippen LogP contribution in [-0.4, -0.2) is 23.1 Å². The van der Waals surface area contributed by atoms with Gasteiger partial charge in [-0.2, -0.15) is 0 Å². The fourth-order valence-electron chi connectivity index (χ4n) is 1.00. The number of thiophene rings is 1. The van der Waals surface area contributed by atoms with Crippen LogP contribution >= 0.6 is 11.3 Å². The van der Waals surface area contributed by atoms with Gasteiger partial charge in [0.15, 0.2) is 0 Å². The van der Waals surface area contributed by atoms with E-state index in [0.717, 1.165) is 4.88 Å². The molecule has 1 aromatic rings. The highest BCUT2D eigenvalue weighted by Gasteiger charge is 2.19. The van der Waals surface area contributed by atoms with E-state index in [1.807, 2.05) is 17.5 Å². The minimum absolute atomic E-state index is 0.260. The van der Waals surface area contributed by atoms with E-state index in [1.54, 1.807) is 0 Å². The molecule has 0 bridgehead atoms. The number of aliphatic carboxylic acids is 1. The van der Waals surface area contributed by atoms with Gasteiger partial charge >= 0.3 is 12.0 Å². The standard InChI is InChI=1S/C8H10N2O3S/c9-8(13)10-6(7(11)12)4-5-2-1-3-14-5/h1-3,6H,4H2,(H,11,12)(H3,9,10,13). The van der Waals surface area contributed by atoms with Crippen molar-refractivity contribution in [3.8, 4) is 0 Å². The summed E-state index contributed by atoms with van der Waals surface area (Å²) in [5.41, 5.74) is 4.85. The molecule has 4 N–H and O–H groups in total. The van der Waals surface area contributed by atoms with Crippen LogP contribution in [-0.2, 0) is 11.2 Å². The van der Waals surface area contributed by atoms with E-state index in [9.17, 15) is 9.59 Å². The highest BCUT2D eigenvalue weighted by molar-refractivity contribution is 7.09. The number of carboxylic acids is 1. The van der Waals surface area contributed by atoms with Crippen LogP contribution in [0, 0.1) is 0 Å². The van der Waals surface area contributed by atoms with Crippen LogP contribution in [0.3, 0.4) is 0 Å². The molecule has 1 aromatic heterocycles. The Hall–Kier alpha value is -1.56. The van der Waals surface area contributed by atoms with Crippen LogP contribution in [0.1, 0.15) is 4.88 Å². The van der Waals surface area contributed by atoms with Gasteiger partial charge in [0.05, 0.1) is 0 Å². The summed E-state index contributed by atoms with van der Waals surface area (Å²) in [5, 5.41) is 12.8. The van der Waals surface area contributed by atoms with Crippen LogP contribution in [0.2, 0.25) is 0 Å². The number of hydrogen-bond acceptors (Lipinski definition) is 3. The monoisotopic (exact) mass is 214 g/mol. The predicted molar refractivity (Wildman–Crippen MR) is 52.2 cm³/mol. The highest BCUT2D eigenvalue weighted by atomic mass is 32.1. The molecule has 1 heterocycles. The van der Waals surface area contributed by atoms with Gasteiger partial charge in [0.2, 0.25) is 0 Å². The number of nitrogens with two attached hydrogens (primary N) is 1. The van der Waals surface area contributed by atoms with Crippen molar-refractivity contribution in [1.82, 2.24) is 5.32 Å². The first-order valence-electron chi connectivity index (χ1n) is 3.90. The largest absolute Gasteiger partial charge is 0.480 e. The minimum atomic E-state index is -1.09. The topological polar surface area (TPSA) is 92.4 Å². The van der Waals surface area contributed by atoms with Crippen LogP contribution in [0.15, 0.2) is 17.5 Å². The summed E-state index contributed by atoms with van der Waals surface area (Å²) in [5.74, 6) is -1.09. The smallest absolute Gasteiger partial charge is 0.326 e. The van der Waals surface area contributed by atoms with Crippen molar-refractivity contribution in [2.24, 2.45) is 5.73 Å². The Morgan fingerprint density at radius 3 is 2.79 bits per heavy atom. The molecule has 1 unspecified atom stereocenters. The Kier molecular flexibility index (Phi) is 3.47. The number of nitrogens with one attached hydrogen (secondary N) is 1. The number of rotatable bonds is 4. The minimum Gasteiger partial charge on any atom is -0.480 e. The third-order valence-electron chi connectivity index (χ3n) is 1.60. The molecule has 2 amide bonds. The second kappa shape index (κ2) is 4.61. The SMILES string of the molecule is NC(=O)NC(Cc1cccs1)C(=O)O. The first kappa shape index (κ1) is 10.5. The van der Waals surface area contributed by atoms with Crippen molar-refractivity contribution < 1.29 is 14.7 Å². The van der Waals surface area contributed by atoms with Gasteiger partial charge in [0, 0.05) is 11.3 Å². The maximum Gasteiger partial charge on any atom is 0.326 e. The van der Waals surface area contributed by atoms with Crippen molar-refractivity contribution >= 4 is 23.3 Å². The van der Waals surface area contributed by atoms with Crippen molar-refractivity contribution in [3.63, 3.8) is 0 Å². The fourth-order valence-corrected chi connectivity index (χ4v) is 1.75. The van der Waals surface area contributed by atoms with Gasteiger partial charge in [0.25, 0.3) is 0 Å². The number of hydrogen-bond donors (Lipinski definition) is 3. The van der Waals surface area contributed by atoms with Gasteiger partial charge in [-0.05, 0) is 11.4 Å². The number of carbonyl (C=O) groups excluding carboxylic acids is 1. The number of urea groups is 1. The molecule has 1 atom stereocenters. The molecule has 5 nitrogen and oxygen atoms in total. The second-order valence-corrected chi connectivity index (χ2v) is 3.72. The van der Waals surface area contributed by atoms with Crippen LogP contribution in [0.5, 0.6) is 0 Å². The fraction of sp³-hybridized carbons (Fsp3) is 0.250. The highest BCUT2D eigenvalue weighted by Crippen LogP contribution is 2.11. The lowest BCUT2D eigenvalue weighted by molar-refractivity contribution is -0.139. The second-order valence-electron chi connectivity index (χ2n) is 2.68. The van der Waals surface area contributed by atoms with E-state index >= 15 is 0 Å². The Morgan fingerprint density at radius 2 is 2.36 bits per heavy atom. The summed E-state index contributed by atoms with van der Waals surface area (Å²) in [7, 11) is 0. The molecule has 0 fully saturated rings. The third kappa shape index (κ3) is 3.06. The number of primary amides is 1. The number of carbonyl (C=O) groups is 2. The Labute approximate surface area is 84.5 Å². The van der Waals surface area contributed by atoms with Gasteiger partial charge < -0.3 is 16.2 Å². The van der Waals surface area contributed by atoms with Crippen molar-refractivity contribution in [1.29, 1.82) is 0 Å². The van der Waals surface area contributed by atoms with E-state index in [1.165, 1.54) is 11.3 Å². The quantitative estimate of drug-likeness (QED) is 0.677. The molecule has 76 valence electrons. The number of amides is 2. The van der Waals surface area contributed by atoms with Gasteiger partial charge in [-0.3, -0.25) is 0 Å². The molecule has 0 saturated carbocycles. The Morgan fingerprint density at radius 1 is 1.64 bits per heavy atom. The van der Waals surface area contributed by atoms with Crippen LogP contribution in [0.4, 0.5) is 4.79 Å². The normalized spacial score (nSPS) is 12.0. The summed E-state index contributed by atoms with van der Waals surface area (Å²) in [4.78, 5) is 22.1. The van der Waals surface area contributed by atoms with E-state index in [2.05, 4.69) is 5.32 Å². The van der Waals surface area contributed by atoms with Gasteiger partial charge in [-0.1, -0.05) is 6.07 Å². The third-order valence-corrected chi connectivity index (χ3v) is 2.50. The zero-order valence-electron chi connectivity index (χ0n) is 7.27. The lowest BCUT2D eigenvalue weighted by Crippen LogP contribution is -2.44. The summed E-state index contributed by atoms with van der Waals surface area (Å²) in [6.45, 7) is 0. The van der Waals surface area contributed by atoms with Crippen LogP contribution < -0.4 is 11.1 Å². The summed E-state index contributed by atoms with van der Waals surface area (Å²) >= 11 is 1.44. The molecule has 0 saturated heterocycles. The average molecular weight is 214 g/mol. The van der Waals surface area contributed by atoms with Gasteiger partial charge in [-0.25, -0.2) is 9.59 Å². The molecule has 0 aliphatic rings. The molecule has 0 radical (unpaired) electrons. The van der Waals surface area contributed by atoms with Crippen LogP contribution in [0.25, 0.3) is 0 Å². The first-order chi connectivity index (χ1) is 6.59. The predicted octanol–water partition coefficient (Wildman–Crippen LogP) is 0.412. The lowest BCUT2D eigenvalue weighted by Gasteiger charge is -2.10. The maximum absolute atomic E-state index is 10.7. The van der Waals surface area contributed by atoms with E-state index in [4.69, 9.17) is 10.8 Å². The molecule has 0 aliphatic heterocycles. The van der Waals surface area contributed by atoms with Gasteiger partial charge in [-0.15, -0.1) is 11.3 Å². The summed E-state index contributed by atoms with van der Waals surface area (Å²) < 4.78 is 0. The van der Waals surface area contributed by atoms with E-state index in [0.29, 0.717) is 0 Å². The summed E-state index contributed by atoms with van der Waals surface area (Å²) in [6, 6.07) is 1.85. The molecule has 1 rings (SSSR count). The van der Waals surface area contributed by atoms with Crippen molar-refractivity contribution in [2.75, 3.05) is 0 Å². The molecule has 14 heavy (non-hydrogen) atoms. The Bertz CT molecular complexity index is 323. The first-order valence-corrected chi connectivity index (χ1v) is 4.78. The average Bonchev–Trinajstić information content (AvgIpc) is 2.54. The molecule has 6 heteroatoms. The number of carboxylic acid groups (broad SMARTS) is 1. The Balaban J connectivity index is 2.60. The molecular formula is C8H10N2O3S. The zero-order chi connectivity index (χ0) is 10.6. The van der Waals surface area contributed by atoms with E-state index < -0.39 is 18.0 Å². The molecule has 0 aliphatic carbocycles. The van der Waals surface area contributed by atoms with Gasteiger partial charge in [0.1, 0.15) is 6.04 Å². The van der Waals surface area contributed by atoms with E-state index in [-0.39, 0.29) is 6.42 Å². The van der Waals surface area contributed by atoms with Crippen molar-refractivity contribution in [2.45, 2.75) is 12.5 Å². The lowest BCUT2D eigenvalue weighted by atomic mass is 10.2.